The molecule has 0 bridgehead atoms. The molecule has 142 valence electrons. The average Bonchev–Trinajstić information content (AvgIpc) is 2.63. The summed E-state index contributed by atoms with van der Waals surface area (Å²) in [4.78, 5) is 28.2. The van der Waals surface area contributed by atoms with Crippen LogP contribution in [0.4, 0.5) is 0 Å². The fourth-order valence-corrected chi connectivity index (χ4v) is 4.28. The van der Waals surface area contributed by atoms with Crippen LogP contribution in [0.15, 0.2) is 24.3 Å². The minimum Gasteiger partial charge on any atom is -0.481 e. The van der Waals surface area contributed by atoms with Crippen LogP contribution in [0.25, 0.3) is 0 Å². The molecule has 3 rings (SSSR count). The zero-order valence-electron chi connectivity index (χ0n) is 15.4. The molecule has 1 aromatic rings. The van der Waals surface area contributed by atoms with Crippen LogP contribution in [-0.2, 0) is 22.6 Å². The van der Waals surface area contributed by atoms with Crippen LogP contribution in [0.3, 0.4) is 0 Å². The Hall–Kier alpha value is -1.92. The average molecular weight is 360 g/mol. The Balaban J connectivity index is 1.59. The second-order valence-corrected chi connectivity index (χ2v) is 7.55. The van der Waals surface area contributed by atoms with Crippen LogP contribution in [0.5, 0.6) is 0 Å². The number of fused-ring (bicyclic) bond motifs is 1. The Morgan fingerprint density at radius 1 is 1.23 bits per heavy atom. The van der Waals surface area contributed by atoms with Gasteiger partial charge in [-0.25, -0.2) is 0 Å². The molecule has 6 nitrogen and oxygen atoms in total. The summed E-state index contributed by atoms with van der Waals surface area (Å²) in [6, 6.07) is 8.29. The molecule has 0 unspecified atom stereocenters. The standard InChI is InChI=1S/C20H28N2O4/c1-2-8-20(19(25)26)9-11-22(13-17(20)23)18(24)14-21-10-7-15-5-3-4-6-16(15)12-21/h3-6,17,23H,2,7-14H2,1H3,(H,25,26)/t17-,20-/m0/s1. The van der Waals surface area contributed by atoms with E-state index >= 15 is 0 Å². The van der Waals surface area contributed by atoms with Crippen LogP contribution in [-0.4, -0.2) is 64.2 Å². The maximum atomic E-state index is 12.7. The highest BCUT2D eigenvalue weighted by molar-refractivity contribution is 5.80. The molecule has 1 amide bonds. The van der Waals surface area contributed by atoms with Gasteiger partial charge in [-0.15, -0.1) is 0 Å². The minimum atomic E-state index is -1.12. The number of aliphatic hydroxyl groups excluding tert-OH is 1. The van der Waals surface area contributed by atoms with Gasteiger partial charge in [-0.1, -0.05) is 37.6 Å². The number of hydrogen-bond acceptors (Lipinski definition) is 4. The molecule has 2 aliphatic heterocycles. The topological polar surface area (TPSA) is 81.1 Å². The third-order valence-corrected chi connectivity index (χ3v) is 5.90. The first kappa shape index (κ1) is 18.9. The smallest absolute Gasteiger partial charge is 0.312 e. The molecular weight excluding hydrogens is 332 g/mol. The van der Waals surface area contributed by atoms with Crippen molar-refractivity contribution in [2.45, 2.75) is 45.3 Å². The summed E-state index contributed by atoms with van der Waals surface area (Å²) >= 11 is 0. The van der Waals surface area contributed by atoms with E-state index in [-0.39, 0.29) is 12.5 Å². The number of carbonyl (C=O) groups excluding carboxylic acids is 1. The molecule has 2 heterocycles. The number of rotatable bonds is 5. The number of hydrogen-bond donors (Lipinski definition) is 2. The number of carbonyl (C=O) groups is 2. The van der Waals surface area contributed by atoms with Crippen molar-refractivity contribution >= 4 is 11.9 Å². The first-order valence-corrected chi connectivity index (χ1v) is 9.44. The van der Waals surface area contributed by atoms with Gasteiger partial charge in [-0.2, -0.15) is 0 Å². The van der Waals surface area contributed by atoms with E-state index in [2.05, 4.69) is 17.0 Å². The number of carboxylic acid groups (broad SMARTS) is 1. The van der Waals surface area contributed by atoms with Crippen molar-refractivity contribution in [1.82, 2.24) is 9.80 Å². The van der Waals surface area contributed by atoms with Crippen molar-refractivity contribution in [1.29, 1.82) is 0 Å². The molecule has 0 radical (unpaired) electrons. The Bertz CT molecular complexity index is 678. The summed E-state index contributed by atoms with van der Waals surface area (Å²) in [5.41, 5.74) is 1.49. The molecule has 26 heavy (non-hydrogen) atoms. The first-order chi connectivity index (χ1) is 12.5. The molecule has 2 aliphatic rings. The lowest BCUT2D eigenvalue weighted by molar-refractivity contribution is -0.167. The van der Waals surface area contributed by atoms with E-state index < -0.39 is 17.5 Å². The number of aliphatic hydroxyl groups is 1. The minimum absolute atomic E-state index is 0.0288. The summed E-state index contributed by atoms with van der Waals surface area (Å²) in [6.07, 6.45) is 1.37. The SMILES string of the molecule is CCC[C@]1(C(=O)O)CCN(C(=O)CN2CCc3ccccc3C2)C[C@@H]1O. The Kier molecular flexibility index (Phi) is 5.63. The number of nitrogens with zero attached hydrogens (tertiary/aromatic N) is 2. The zero-order chi connectivity index (χ0) is 18.7. The maximum Gasteiger partial charge on any atom is 0.312 e. The summed E-state index contributed by atoms with van der Waals surface area (Å²) in [6.45, 7) is 4.33. The Morgan fingerprint density at radius 3 is 2.62 bits per heavy atom. The predicted molar refractivity (Wildman–Crippen MR) is 97.6 cm³/mol. The van der Waals surface area contributed by atoms with Crippen molar-refractivity contribution in [3.05, 3.63) is 35.4 Å². The van der Waals surface area contributed by atoms with Gasteiger partial charge in [0.2, 0.25) is 5.91 Å². The lowest BCUT2D eigenvalue weighted by Gasteiger charge is -2.43. The van der Waals surface area contributed by atoms with Crippen LogP contribution in [0, 0.1) is 5.41 Å². The van der Waals surface area contributed by atoms with Gasteiger partial charge in [0.05, 0.1) is 18.1 Å². The lowest BCUT2D eigenvalue weighted by atomic mass is 9.73. The van der Waals surface area contributed by atoms with E-state index in [9.17, 15) is 19.8 Å². The molecule has 2 atom stereocenters. The van der Waals surface area contributed by atoms with E-state index in [1.165, 1.54) is 11.1 Å². The van der Waals surface area contributed by atoms with Crippen molar-refractivity contribution in [2.24, 2.45) is 5.41 Å². The van der Waals surface area contributed by atoms with E-state index in [0.29, 0.717) is 32.4 Å². The van der Waals surface area contributed by atoms with Gasteiger partial charge in [0, 0.05) is 26.2 Å². The molecule has 0 saturated carbocycles. The van der Waals surface area contributed by atoms with Crippen LogP contribution >= 0.6 is 0 Å². The lowest BCUT2D eigenvalue weighted by Crippen LogP contribution is -2.57. The van der Waals surface area contributed by atoms with Crippen LogP contribution in [0.2, 0.25) is 0 Å². The number of benzene rings is 1. The summed E-state index contributed by atoms with van der Waals surface area (Å²) < 4.78 is 0. The molecule has 0 aliphatic carbocycles. The molecule has 6 heteroatoms. The molecule has 0 aromatic heterocycles. The zero-order valence-corrected chi connectivity index (χ0v) is 15.4. The number of aliphatic carboxylic acids is 1. The van der Waals surface area contributed by atoms with Gasteiger partial charge >= 0.3 is 5.97 Å². The summed E-state index contributed by atoms with van der Waals surface area (Å²) in [5.74, 6) is -0.981. The van der Waals surface area contributed by atoms with Crippen molar-refractivity contribution in [3.63, 3.8) is 0 Å². The maximum absolute atomic E-state index is 12.7. The van der Waals surface area contributed by atoms with E-state index in [0.717, 1.165) is 19.5 Å². The van der Waals surface area contributed by atoms with Crippen molar-refractivity contribution < 1.29 is 19.8 Å². The molecule has 2 N–H and O–H groups in total. The Labute approximate surface area is 154 Å². The number of likely N-dealkylation sites (tertiary alicyclic amines) is 1. The third kappa shape index (κ3) is 3.62. The van der Waals surface area contributed by atoms with E-state index in [1.54, 1.807) is 4.90 Å². The van der Waals surface area contributed by atoms with E-state index in [4.69, 9.17) is 0 Å². The highest BCUT2D eigenvalue weighted by atomic mass is 16.4. The molecule has 1 fully saturated rings. The second-order valence-electron chi connectivity index (χ2n) is 7.55. The normalized spacial score (nSPS) is 26.4. The monoisotopic (exact) mass is 360 g/mol. The number of amides is 1. The summed E-state index contributed by atoms with van der Waals surface area (Å²) in [5, 5.41) is 20.1. The quantitative estimate of drug-likeness (QED) is 0.832. The highest BCUT2D eigenvalue weighted by Crippen LogP contribution is 2.37. The third-order valence-electron chi connectivity index (χ3n) is 5.90. The number of carboxylic acids is 1. The number of piperidine rings is 1. The second kappa shape index (κ2) is 7.76. The van der Waals surface area contributed by atoms with Gasteiger partial charge in [0.1, 0.15) is 0 Å². The van der Waals surface area contributed by atoms with Crippen LogP contribution < -0.4 is 0 Å². The molecular formula is C20H28N2O4. The predicted octanol–water partition coefficient (Wildman–Crippen LogP) is 1.51. The van der Waals surface area contributed by atoms with E-state index in [1.807, 2.05) is 19.1 Å². The molecule has 1 saturated heterocycles. The van der Waals surface area contributed by atoms with Gasteiger partial charge < -0.3 is 15.1 Å². The van der Waals surface area contributed by atoms with Crippen molar-refractivity contribution in [2.75, 3.05) is 26.2 Å². The van der Waals surface area contributed by atoms with Crippen LogP contribution in [0.1, 0.15) is 37.3 Å². The largest absolute Gasteiger partial charge is 0.481 e. The van der Waals surface area contributed by atoms with Crippen molar-refractivity contribution in [3.8, 4) is 0 Å². The fraction of sp³-hybridized carbons (Fsp3) is 0.600. The van der Waals surface area contributed by atoms with Gasteiger partial charge in [0.15, 0.2) is 0 Å². The molecule has 0 spiro atoms. The molecule has 1 aromatic carbocycles. The fourth-order valence-electron chi connectivity index (χ4n) is 4.28. The van der Waals surface area contributed by atoms with Gasteiger partial charge in [0.25, 0.3) is 0 Å². The van der Waals surface area contributed by atoms with Gasteiger partial charge in [-0.05, 0) is 30.4 Å². The highest BCUT2D eigenvalue weighted by Gasteiger charge is 2.48. The Morgan fingerprint density at radius 2 is 1.96 bits per heavy atom. The first-order valence-electron chi connectivity index (χ1n) is 9.44. The number of β-amino-alcohol motifs (C(OH)–C–C–N with tert-alkyl or cyclic N) is 1. The summed E-state index contributed by atoms with van der Waals surface area (Å²) in [7, 11) is 0. The van der Waals surface area contributed by atoms with Gasteiger partial charge in [-0.3, -0.25) is 14.5 Å².